The standard InChI is InChI=1S/C41H56N8O10/c1-3-25(2)36(39(56)46-29(37(43)54)21-26-13-6-4-7-14-26)48-34(52)19-11-10-18-33(51)44-28-17-12-20-49(40(28)57)24-35(53)45-30(23-32(42)50)38(55)47-31(41(58)59)22-27-15-8-5-9-16-27/h4-9,13-16,25,28-31,36H,3,10-12,17-24H2,1-2H3,(H2,42,50)(H2,43,54)(H,44,51)(H,45,53)(H,46,56)(H,47,55)(H,48,52)(H,58,59)/t25-,28?,29-,30-,31-,36+/m0/s1. The number of hydrogen-bond donors (Lipinski definition) is 8. The number of piperidine rings is 1. The van der Waals surface area contributed by atoms with E-state index in [0.29, 0.717) is 37.7 Å². The molecule has 2 aromatic carbocycles. The van der Waals surface area contributed by atoms with E-state index >= 15 is 0 Å². The lowest BCUT2D eigenvalue weighted by molar-refractivity contribution is -0.143. The SMILES string of the molecule is CC[C@H](C)[C@@H](NC(=O)CCCCC(=O)NC1CCCN(CC(=O)N[C@@H](CC(N)=O)C(=O)N[C@@H](Cc2ccccc2)C(=O)O)C1=O)C(=O)N[C@@H](Cc1ccccc1)C(N)=O. The molecule has 18 heteroatoms. The number of aliphatic carboxylic acids is 1. The highest BCUT2D eigenvalue weighted by Crippen LogP contribution is 2.14. The third-order valence-electron chi connectivity index (χ3n) is 9.97. The van der Waals surface area contributed by atoms with Gasteiger partial charge in [-0.3, -0.25) is 38.4 Å². The minimum absolute atomic E-state index is 0.00187. The Morgan fingerprint density at radius 1 is 0.746 bits per heavy atom. The number of carbonyl (C=O) groups excluding carboxylic acids is 8. The molecule has 1 aliphatic heterocycles. The van der Waals surface area contributed by atoms with Gasteiger partial charge in [-0.1, -0.05) is 80.9 Å². The maximum absolute atomic E-state index is 13.2. The summed E-state index contributed by atoms with van der Waals surface area (Å²) in [6.07, 6.45) is 1.46. The molecule has 10 N–H and O–H groups in total. The summed E-state index contributed by atoms with van der Waals surface area (Å²) in [5, 5.41) is 22.5. The van der Waals surface area contributed by atoms with Crippen LogP contribution in [0, 0.1) is 5.92 Å². The van der Waals surface area contributed by atoms with Crippen LogP contribution in [0.15, 0.2) is 60.7 Å². The number of nitrogens with zero attached hydrogens (tertiary/aromatic N) is 1. The topological polar surface area (TPSA) is 289 Å². The Bertz CT molecular complexity index is 1790. The van der Waals surface area contributed by atoms with Gasteiger partial charge < -0.3 is 48.1 Å². The largest absolute Gasteiger partial charge is 0.480 e. The zero-order valence-corrected chi connectivity index (χ0v) is 33.4. The van der Waals surface area contributed by atoms with Crippen LogP contribution in [0.3, 0.4) is 0 Å². The molecular weight excluding hydrogens is 764 g/mol. The molecule has 3 rings (SSSR count). The lowest BCUT2D eigenvalue weighted by Crippen LogP contribution is -2.57. The van der Waals surface area contributed by atoms with E-state index in [4.69, 9.17) is 11.5 Å². The quantitative estimate of drug-likeness (QED) is 0.0633. The van der Waals surface area contributed by atoms with Gasteiger partial charge in [0.1, 0.15) is 30.2 Å². The van der Waals surface area contributed by atoms with E-state index in [1.807, 2.05) is 37.3 Å². The van der Waals surface area contributed by atoms with Gasteiger partial charge in [-0.25, -0.2) is 4.79 Å². The van der Waals surface area contributed by atoms with Crippen LogP contribution < -0.4 is 38.1 Å². The smallest absolute Gasteiger partial charge is 0.326 e. The van der Waals surface area contributed by atoms with Gasteiger partial charge in [-0.05, 0) is 42.7 Å². The first-order valence-corrected chi connectivity index (χ1v) is 19.7. The zero-order chi connectivity index (χ0) is 43.5. The molecule has 8 amide bonds. The Balaban J connectivity index is 1.46. The summed E-state index contributed by atoms with van der Waals surface area (Å²) >= 11 is 0. The number of likely N-dealkylation sites (tertiary alicyclic amines) is 1. The van der Waals surface area contributed by atoms with Crippen molar-refractivity contribution < 1.29 is 48.3 Å². The highest BCUT2D eigenvalue weighted by atomic mass is 16.4. The molecule has 1 heterocycles. The van der Waals surface area contributed by atoms with E-state index in [1.54, 1.807) is 37.3 Å². The fourth-order valence-corrected chi connectivity index (χ4v) is 6.50. The van der Waals surface area contributed by atoms with E-state index in [9.17, 15) is 48.3 Å². The first-order chi connectivity index (χ1) is 28.1. The zero-order valence-electron chi connectivity index (χ0n) is 33.4. The number of nitrogens with one attached hydrogen (secondary N) is 5. The van der Waals surface area contributed by atoms with Crippen molar-refractivity contribution in [3.63, 3.8) is 0 Å². The number of amides is 8. The van der Waals surface area contributed by atoms with Crippen LogP contribution >= 0.6 is 0 Å². The normalized spacial score (nSPS) is 16.3. The van der Waals surface area contributed by atoms with Crippen LogP contribution in [0.4, 0.5) is 0 Å². The summed E-state index contributed by atoms with van der Waals surface area (Å²) in [7, 11) is 0. The summed E-state index contributed by atoms with van der Waals surface area (Å²) in [4.78, 5) is 115. The highest BCUT2D eigenvalue weighted by Gasteiger charge is 2.33. The third kappa shape index (κ3) is 16.2. The number of unbranched alkanes of at least 4 members (excludes halogenated alkanes) is 1. The second-order valence-electron chi connectivity index (χ2n) is 14.7. The third-order valence-corrected chi connectivity index (χ3v) is 9.97. The van der Waals surface area contributed by atoms with Crippen molar-refractivity contribution >= 4 is 53.2 Å². The number of primary amides is 2. The molecule has 320 valence electrons. The molecule has 0 bridgehead atoms. The van der Waals surface area contributed by atoms with Crippen LogP contribution in [-0.2, 0) is 56.0 Å². The maximum Gasteiger partial charge on any atom is 0.326 e. The molecule has 0 aliphatic carbocycles. The predicted octanol–water partition coefficient (Wildman–Crippen LogP) is -0.430. The molecule has 1 unspecified atom stereocenters. The van der Waals surface area contributed by atoms with Crippen LogP contribution in [-0.4, -0.2) is 107 Å². The number of carboxylic acids is 1. The average molecular weight is 821 g/mol. The Morgan fingerprint density at radius 2 is 1.31 bits per heavy atom. The van der Waals surface area contributed by atoms with Crippen LogP contribution in [0.5, 0.6) is 0 Å². The van der Waals surface area contributed by atoms with Gasteiger partial charge in [0.2, 0.25) is 47.3 Å². The summed E-state index contributed by atoms with van der Waals surface area (Å²) in [5.74, 6) is -6.87. The van der Waals surface area contributed by atoms with Gasteiger partial charge in [0.15, 0.2) is 0 Å². The van der Waals surface area contributed by atoms with E-state index in [-0.39, 0.29) is 38.1 Å². The van der Waals surface area contributed by atoms with Crippen LogP contribution in [0.25, 0.3) is 0 Å². The summed E-state index contributed by atoms with van der Waals surface area (Å²) in [5.41, 5.74) is 12.3. The Morgan fingerprint density at radius 3 is 1.85 bits per heavy atom. The van der Waals surface area contributed by atoms with Crippen molar-refractivity contribution in [2.75, 3.05) is 13.1 Å². The molecule has 1 aliphatic rings. The monoisotopic (exact) mass is 820 g/mol. The van der Waals surface area contributed by atoms with Gasteiger partial charge in [-0.2, -0.15) is 0 Å². The number of carbonyl (C=O) groups is 9. The molecular formula is C41H56N8O10. The number of hydrogen-bond acceptors (Lipinski definition) is 9. The molecule has 0 spiro atoms. The second-order valence-corrected chi connectivity index (χ2v) is 14.7. The second kappa shape index (κ2) is 23.8. The molecule has 1 fully saturated rings. The highest BCUT2D eigenvalue weighted by molar-refractivity contribution is 5.96. The molecule has 2 aromatic rings. The number of benzene rings is 2. The van der Waals surface area contributed by atoms with Crippen molar-refractivity contribution in [3.05, 3.63) is 71.8 Å². The van der Waals surface area contributed by atoms with Gasteiger partial charge in [0, 0.05) is 32.2 Å². The van der Waals surface area contributed by atoms with Crippen molar-refractivity contribution in [1.29, 1.82) is 0 Å². The van der Waals surface area contributed by atoms with Crippen molar-refractivity contribution in [2.24, 2.45) is 17.4 Å². The fourth-order valence-electron chi connectivity index (χ4n) is 6.50. The van der Waals surface area contributed by atoms with Crippen LogP contribution in [0.2, 0.25) is 0 Å². The van der Waals surface area contributed by atoms with Crippen LogP contribution in [0.1, 0.15) is 76.3 Å². The molecule has 59 heavy (non-hydrogen) atoms. The fraction of sp³-hybridized carbons (Fsp3) is 0.488. The molecule has 0 aromatic heterocycles. The maximum atomic E-state index is 13.2. The summed E-state index contributed by atoms with van der Waals surface area (Å²) in [6.45, 7) is 3.36. The molecule has 1 saturated heterocycles. The minimum atomic E-state index is -1.51. The molecule has 6 atom stereocenters. The van der Waals surface area contributed by atoms with E-state index in [0.717, 1.165) is 5.56 Å². The minimum Gasteiger partial charge on any atom is -0.480 e. The van der Waals surface area contributed by atoms with E-state index in [2.05, 4.69) is 26.6 Å². The first kappa shape index (κ1) is 47.0. The molecule has 0 radical (unpaired) electrons. The van der Waals surface area contributed by atoms with Crippen molar-refractivity contribution in [2.45, 2.75) is 108 Å². The Kier molecular flexibility index (Phi) is 19.0. The summed E-state index contributed by atoms with van der Waals surface area (Å²) in [6, 6.07) is 11.9. The first-order valence-electron chi connectivity index (χ1n) is 19.7. The molecule has 0 saturated carbocycles. The Hall–Kier alpha value is -6.33. The lowest BCUT2D eigenvalue weighted by atomic mass is 9.97. The average Bonchev–Trinajstić information content (AvgIpc) is 3.19. The number of nitrogens with two attached hydrogens (primary N) is 2. The number of rotatable bonds is 24. The summed E-state index contributed by atoms with van der Waals surface area (Å²) < 4.78 is 0. The lowest BCUT2D eigenvalue weighted by Gasteiger charge is -2.32. The van der Waals surface area contributed by atoms with Gasteiger partial charge in [0.05, 0.1) is 13.0 Å². The predicted molar refractivity (Wildman–Crippen MR) is 214 cm³/mol. The van der Waals surface area contributed by atoms with Gasteiger partial charge >= 0.3 is 5.97 Å². The van der Waals surface area contributed by atoms with Crippen molar-refractivity contribution in [1.82, 2.24) is 31.5 Å². The van der Waals surface area contributed by atoms with Crippen molar-refractivity contribution in [3.8, 4) is 0 Å². The van der Waals surface area contributed by atoms with E-state index in [1.165, 1.54) is 4.90 Å². The van der Waals surface area contributed by atoms with E-state index < -0.39 is 96.4 Å². The van der Waals surface area contributed by atoms with Gasteiger partial charge in [-0.15, -0.1) is 0 Å². The number of carboxylic acid groups (broad SMARTS) is 1. The molecule has 18 nitrogen and oxygen atoms in total. The Labute approximate surface area is 343 Å². The van der Waals surface area contributed by atoms with Gasteiger partial charge in [0.25, 0.3) is 0 Å².